The lowest BCUT2D eigenvalue weighted by Crippen LogP contribution is -2.38. The van der Waals surface area contributed by atoms with E-state index in [1.165, 1.54) is 0 Å². The number of carbonyl (C=O) groups excluding carboxylic acids is 1. The van der Waals surface area contributed by atoms with Crippen molar-refractivity contribution in [2.45, 2.75) is 12.8 Å². The molecule has 1 aromatic carbocycles. The van der Waals surface area contributed by atoms with Crippen molar-refractivity contribution in [2.75, 3.05) is 23.3 Å². The number of aromatic nitrogens is 3. The fourth-order valence-corrected chi connectivity index (χ4v) is 3.34. The van der Waals surface area contributed by atoms with Gasteiger partial charge in [-0.15, -0.1) is 0 Å². The first-order valence-electron chi connectivity index (χ1n) is 9.13. The maximum Gasteiger partial charge on any atom is 0.227 e. The fourth-order valence-electron chi connectivity index (χ4n) is 3.34. The molecule has 1 aliphatic heterocycles. The van der Waals surface area contributed by atoms with Crippen LogP contribution in [0.3, 0.4) is 0 Å². The molecule has 1 amide bonds. The Bertz CT molecular complexity index is 893. The van der Waals surface area contributed by atoms with Crippen molar-refractivity contribution in [3.05, 3.63) is 67.3 Å². The van der Waals surface area contributed by atoms with E-state index < -0.39 is 0 Å². The van der Waals surface area contributed by atoms with Gasteiger partial charge in [0.2, 0.25) is 5.91 Å². The molecular formula is C21H21N5O. The Morgan fingerprint density at radius 3 is 2.48 bits per heavy atom. The zero-order valence-corrected chi connectivity index (χ0v) is 15.0. The van der Waals surface area contributed by atoms with E-state index in [4.69, 9.17) is 0 Å². The van der Waals surface area contributed by atoms with Crippen molar-refractivity contribution in [3.63, 3.8) is 0 Å². The molecule has 0 spiro atoms. The summed E-state index contributed by atoms with van der Waals surface area (Å²) in [4.78, 5) is 27.5. The highest BCUT2D eigenvalue weighted by atomic mass is 16.1. The van der Waals surface area contributed by atoms with Crippen LogP contribution in [0.2, 0.25) is 0 Å². The molecule has 1 aliphatic rings. The minimum Gasteiger partial charge on any atom is -0.356 e. The average molecular weight is 359 g/mol. The Morgan fingerprint density at radius 2 is 1.74 bits per heavy atom. The molecule has 0 unspecified atom stereocenters. The number of rotatable bonds is 4. The number of anilines is 2. The highest BCUT2D eigenvalue weighted by molar-refractivity contribution is 5.92. The lowest BCUT2D eigenvalue weighted by Gasteiger charge is -2.32. The zero-order valence-electron chi connectivity index (χ0n) is 15.0. The van der Waals surface area contributed by atoms with Crippen LogP contribution in [0, 0.1) is 5.92 Å². The van der Waals surface area contributed by atoms with Crippen molar-refractivity contribution in [1.82, 2.24) is 15.0 Å². The zero-order chi connectivity index (χ0) is 18.5. The summed E-state index contributed by atoms with van der Waals surface area (Å²) >= 11 is 0. The Hall–Kier alpha value is -3.28. The summed E-state index contributed by atoms with van der Waals surface area (Å²) < 4.78 is 0. The molecule has 1 N–H and O–H groups in total. The molecule has 6 nitrogen and oxygen atoms in total. The Labute approximate surface area is 158 Å². The van der Waals surface area contributed by atoms with Gasteiger partial charge in [-0.25, -0.2) is 9.97 Å². The summed E-state index contributed by atoms with van der Waals surface area (Å²) in [6.07, 6.45) is 6.58. The minimum atomic E-state index is 0.0184. The molecule has 0 aliphatic carbocycles. The van der Waals surface area contributed by atoms with Crippen LogP contribution in [-0.2, 0) is 4.79 Å². The number of carbonyl (C=O) groups is 1. The molecule has 3 aromatic rings. The number of benzene rings is 1. The summed E-state index contributed by atoms with van der Waals surface area (Å²) in [6, 6.07) is 15.7. The number of piperidine rings is 1. The van der Waals surface area contributed by atoms with Crippen LogP contribution >= 0.6 is 0 Å². The smallest absolute Gasteiger partial charge is 0.227 e. The van der Waals surface area contributed by atoms with Gasteiger partial charge < -0.3 is 10.2 Å². The van der Waals surface area contributed by atoms with Crippen LogP contribution in [0.1, 0.15) is 12.8 Å². The van der Waals surface area contributed by atoms with Gasteiger partial charge in [-0.3, -0.25) is 9.78 Å². The molecule has 6 heteroatoms. The molecule has 0 saturated carbocycles. The van der Waals surface area contributed by atoms with Crippen LogP contribution in [0.25, 0.3) is 11.3 Å². The third-order valence-electron chi connectivity index (χ3n) is 4.86. The van der Waals surface area contributed by atoms with Gasteiger partial charge in [-0.05, 0) is 25.0 Å². The number of hydrogen-bond donors (Lipinski definition) is 1. The molecule has 27 heavy (non-hydrogen) atoms. The van der Waals surface area contributed by atoms with Gasteiger partial charge >= 0.3 is 0 Å². The van der Waals surface area contributed by atoms with E-state index in [0.717, 1.165) is 48.7 Å². The predicted octanol–water partition coefficient (Wildman–Crippen LogP) is 3.39. The summed E-state index contributed by atoms with van der Waals surface area (Å²) in [5, 5.41) is 2.97. The largest absolute Gasteiger partial charge is 0.356 e. The molecule has 1 saturated heterocycles. The van der Waals surface area contributed by atoms with Gasteiger partial charge in [0.25, 0.3) is 0 Å². The van der Waals surface area contributed by atoms with Crippen LogP contribution in [-0.4, -0.2) is 33.9 Å². The Kier molecular flexibility index (Phi) is 5.05. The summed E-state index contributed by atoms with van der Waals surface area (Å²) in [5.41, 5.74) is 2.78. The van der Waals surface area contributed by atoms with Gasteiger partial charge in [0.05, 0.1) is 5.69 Å². The molecule has 0 radical (unpaired) electrons. The van der Waals surface area contributed by atoms with Crippen molar-refractivity contribution in [3.8, 4) is 11.3 Å². The fraction of sp³-hybridized carbons (Fsp3) is 0.238. The average Bonchev–Trinajstić information content (AvgIpc) is 2.75. The summed E-state index contributed by atoms with van der Waals surface area (Å²) in [5.74, 6) is 1.01. The van der Waals surface area contributed by atoms with Gasteiger partial charge in [-0.2, -0.15) is 0 Å². The first kappa shape index (κ1) is 17.1. The van der Waals surface area contributed by atoms with E-state index in [2.05, 4.69) is 25.2 Å². The molecule has 4 rings (SSSR count). The second kappa shape index (κ2) is 7.95. The maximum absolute atomic E-state index is 12.5. The van der Waals surface area contributed by atoms with E-state index in [1.807, 2.05) is 36.4 Å². The molecular weight excluding hydrogens is 338 g/mol. The lowest BCUT2D eigenvalue weighted by atomic mass is 9.95. The highest BCUT2D eigenvalue weighted by Crippen LogP contribution is 2.25. The summed E-state index contributed by atoms with van der Waals surface area (Å²) in [7, 11) is 0. The normalized spacial score (nSPS) is 14.7. The van der Waals surface area contributed by atoms with E-state index in [9.17, 15) is 4.79 Å². The predicted molar refractivity (Wildman–Crippen MR) is 105 cm³/mol. The number of pyridine rings is 1. The molecule has 0 bridgehead atoms. The van der Waals surface area contributed by atoms with Gasteiger partial charge in [0, 0.05) is 48.7 Å². The van der Waals surface area contributed by atoms with Gasteiger partial charge in [0.1, 0.15) is 12.1 Å². The van der Waals surface area contributed by atoms with E-state index in [0.29, 0.717) is 0 Å². The first-order chi connectivity index (χ1) is 13.3. The molecule has 3 heterocycles. The first-order valence-corrected chi connectivity index (χ1v) is 9.13. The second-order valence-corrected chi connectivity index (χ2v) is 6.61. The van der Waals surface area contributed by atoms with E-state index in [-0.39, 0.29) is 11.8 Å². The highest BCUT2D eigenvalue weighted by Gasteiger charge is 2.26. The minimum absolute atomic E-state index is 0.0184. The summed E-state index contributed by atoms with van der Waals surface area (Å²) in [6.45, 7) is 1.61. The van der Waals surface area contributed by atoms with Crippen molar-refractivity contribution >= 4 is 17.4 Å². The number of nitrogens with one attached hydrogen (secondary N) is 1. The van der Waals surface area contributed by atoms with Gasteiger partial charge in [0.15, 0.2) is 0 Å². The Balaban J connectivity index is 1.39. The maximum atomic E-state index is 12.5. The standard InChI is InChI=1S/C21H21N5O/c27-21(25-18-6-10-22-11-7-18)17-8-12-26(13-9-17)20-14-19(23-15-24-20)16-4-2-1-3-5-16/h1-7,10-11,14-15,17H,8-9,12-13H2,(H,22,25,27). The van der Waals surface area contributed by atoms with Crippen molar-refractivity contribution in [1.29, 1.82) is 0 Å². The van der Waals surface area contributed by atoms with Crippen LogP contribution in [0.4, 0.5) is 11.5 Å². The monoisotopic (exact) mass is 359 g/mol. The number of hydrogen-bond acceptors (Lipinski definition) is 5. The molecule has 2 aromatic heterocycles. The van der Waals surface area contributed by atoms with Crippen molar-refractivity contribution in [2.24, 2.45) is 5.92 Å². The van der Waals surface area contributed by atoms with Crippen molar-refractivity contribution < 1.29 is 4.79 Å². The van der Waals surface area contributed by atoms with E-state index >= 15 is 0 Å². The lowest BCUT2D eigenvalue weighted by molar-refractivity contribution is -0.120. The SMILES string of the molecule is O=C(Nc1ccncc1)C1CCN(c2cc(-c3ccccc3)ncn2)CC1. The second-order valence-electron chi connectivity index (χ2n) is 6.61. The van der Waals surface area contributed by atoms with Crippen LogP contribution in [0.5, 0.6) is 0 Å². The molecule has 1 fully saturated rings. The third kappa shape index (κ3) is 4.11. The number of nitrogens with zero attached hydrogens (tertiary/aromatic N) is 4. The van der Waals surface area contributed by atoms with Crippen LogP contribution < -0.4 is 10.2 Å². The van der Waals surface area contributed by atoms with E-state index in [1.54, 1.807) is 30.9 Å². The quantitative estimate of drug-likeness (QED) is 0.773. The topological polar surface area (TPSA) is 71.0 Å². The molecule has 0 atom stereocenters. The van der Waals surface area contributed by atoms with Gasteiger partial charge in [-0.1, -0.05) is 30.3 Å². The Morgan fingerprint density at radius 1 is 1.00 bits per heavy atom. The number of amides is 1. The third-order valence-corrected chi connectivity index (χ3v) is 4.86. The molecule has 136 valence electrons. The van der Waals surface area contributed by atoms with Crippen LogP contribution in [0.15, 0.2) is 67.3 Å².